The molecule has 2 aromatic heterocycles. The molecular weight excluding hydrogens is 476 g/mol. The molecule has 0 bridgehead atoms. The summed E-state index contributed by atoms with van der Waals surface area (Å²) in [6.07, 6.45) is 0. The number of methoxy groups -OCH3 is 2. The minimum atomic E-state index is -0.330. The lowest BCUT2D eigenvalue weighted by molar-refractivity contribution is 0.101. The lowest BCUT2D eigenvalue weighted by atomic mass is 10.2. The molecule has 34 heavy (non-hydrogen) atoms. The van der Waals surface area contributed by atoms with Gasteiger partial charge in [0.05, 0.1) is 28.7 Å². The van der Waals surface area contributed by atoms with Gasteiger partial charge in [-0.25, -0.2) is 4.98 Å². The van der Waals surface area contributed by atoms with Gasteiger partial charge in [-0.1, -0.05) is 23.7 Å². The number of halogens is 1. The van der Waals surface area contributed by atoms with E-state index in [1.807, 2.05) is 6.92 Å². The van der Waals surface area contributed by atoms with Crippen molar-refractivity contribution in [2.24, 2.45) is 0 Å². The van der Waals surface area contributed by atoms with E-state index in [1.54, 1.807) is 55.6 Å². The van der Waals surface area contributed by atoms with Crippen LogP contribution in [0.25, 0.3) is 10.2 Å². The summed E-state index contributed by atoms with van der Waals surface area (Å²) in [5, 5.41) is 6.95. The van der Waals surface area contributed by atoms with Gasteiger partial charge in [0.2, 0.25) is 5.88 Å². The number of nitrogens with zero attached hydrogens (tertiary/aromatic N) is 2. The molecule has 0 atom stereocenters. The number of ether oxygens (including phenoxy) is 2. The minimum Gasteiger partial charge on any atom is -0.480 e. The molecule has 0 saturated carbocycles. The molecular formula is C24H21ClN4O4S. The molecule has 2 heterocycles. The van der Waals surface area contributed by atoms with Crippen molar-refractivity contribution in [2.75, 3.05) is 24.9 Å². The number of thiophene rings is 1. The number of benzene rings is 2. The fourth-order valence-electron chi connectivity index (χ4n) is 3.38. The van der Waals surface area contributed by atoms with Gasteiger partial charge in [0.15, 0.2) is 5.82 Å². The van der Waals surface area contributed by atoms with Crippen molar-refractivity contribution in [3.05, 3.63) is 75.4 Å². The highest BCUT2D eigenvalue weighted by atomic mass is 35.5. The molecule has 174 valence electrons. The predicted octanol–water partition coefficient (Wildman–Crippen LogP) is 5.31. The first-order valence-corrected chi connectivity index (χ1v) is 11.4. The highest BCUT2D eigenvalue weighted by Gasteiger charge is 2.22. The maximum atomic E-state index is 13.2. The van der Waals surface area contributed by atoms with Crippen LogP contribution in [0.2, 0.25) is 5.02 Å². The standard InChI is InChI=1S/C24H21ClN4O4S/c1-13-19-23(33-3)28-18(12-32-2)29-24(19)34-20(13)22(31)27-17-7-5-4-6-16(17)26-21(30)14-8-10-15(25)11-9-14/h4-11H,12H2,1-3H3,(H,26,30)(H,27,31). The van der Waals surface area contributed by atoms with Crippen LogP contribution >= 0.6 is 22.9 Å². The lowest BCUT2D eigenvalue weighted by Crippen LogP contribution is -2.16. The van der Waals surface area contributed by atoms with E-state index in [2.05, 4.69) is 20.6 Å². The summed E-state index contributed by atoms with van der Waals surface area (Å²) in [7, 11) is 3.08. The number of aryl methyl sites for hydroxylation is 1. The first-order chi connectivity index (χ1) is 16.4. The summed E-state index contributed by atoms with van der Waals surface area (Å²) < 4.78 is 10.6. The normalized spacial score (nSPS) is 10.8. The third-order valence-electron chi connectivity index (χ3n) is 5.01. The van der Waals surface area contributed by atoms with Crippen molar-refractivity contribution >= 4 is 56.3 Å². The fourth-order valence-corrected chi connectivity index (χ4v) is 4.59. The average Bonchev–Trinajstić information content (AvgIpc) is 3.17. The van der Waals surface area contributed by atoms with Crippen LogP contribution in [-0.4, -0.2) is 36.0 Å². The number of amides is 2. The number of carbonyl (C=O) groups excluding carboxylic acids is 2. The molecule has 2 aromatic carbocycles. The third-order valence-corrected chi connectivity index (χ3v) is 6.44. The van der Waals surface area contributed by atoms with Crippen molar-refractivity contribution in [3.8, 4) is 5.88 Å². The Kier molecular flexibility index (Phi) is 7.06. The second-order valence-electron chi connectivity index (χ2n) is 7.28. The lowest BCUT2D eigenvalue weighted by Gasteiger charge is -2.12. The second kappa shape index (κ2) is 10.2. The highest BCUT2D eigenvalue weighted by molar-refractivity contribution is 7.20. The molecule has 0 saturated heterocycles. The topological polar surface area (TPSA) is 102 Å². The molecule has 0 fully saturated rings. The number of anilines is 2. The number of hydrogen-bond donors (Lipinski definition) is 2. The SMILES string of the molecule is COCc1nc(OC)c2c(C)c(C(=O)Nc3ccccc3NC(=O)c3ccc(Cl)cc3)sc2n1. The number of carbonyl (C=O) groups is 2. The van der Waals surface area contributed by atoms with Gasteiger partial charge < -0.3 is 20.1 Å². The van der Waals surface area contributed by atoms with Crippen LogP contribution in [0, 0.1) is 6.92 Å². The van der Waals surface area contributed by atoms with E-state index in [-0.39, 0.29) is 18.4 Å². The third kappa shape index (κ3) is 4.86. The van der Waals surface area contributed by atoms with Crippen molar-refractivity contribution < 1.29 is 19.1 Å². The van der Waals surface area contributed by atoms with E-state index >= 15 is 0 Å². The minimum absolute atomic E-state index is 0.228. The van der Waals surface area contributed by atoms with E-state index in [9.17, 15) is 9.59 Å². The first kappa shape index (κ1) is 23.6. The van der Waals surface area contributed by atoms with E-state index in [4.69, 9.17) is 21.1 Å². The van der Waals surface area contributed by atoms with Crippen LogP contribution < -0.4 is 15.4 Å². The quantitative estimate of drug-likeness (QED) is 0.359. The second-order valence-corrected chi connectivity index (χ2v) is 8.71. The number of nitrogens with one attached hydrogen (secondary N) is 2. The molecule has 0 radical (unpaired) electrons. The van der Waals surface area contributed by atoms with Gasteiger partial charge in [0.1, 0.15) is 11.4 Å². The Bertz CT molecular complexity index is 1370. The molecule has 2 amide bonds. The highest BCUT2D eigenvalue weighted by Crippen LogP contribution is 2.36. The van der Waals surface area contributed by atoms with E-state index in [1.165, 1.54) is 18.4 Å². The van der Waals surface area contributed by atoms with Crippen LogP contribution in [0.3, 0.4) is 0 Å². The van der Waals surface area contributed by atoms with Crippen molar-refractivity contribution in [2.45, 2.75) is 13.5 Å². The summed E-state index contributed by atoms with van der Waals surface area (Å²) in [5.74, 6) is 0.210. The smallest absolute Gasteiger partial charge is 0.266 e. The molecule has 4 aromatic rings. The summed E-state index contributed by atoms with van der Waals surface area (Å²) in [6, 6.07) is 13.5. The molecule has 0 aliphatic heterocycles. The Morgan fingerprint density at radius 2 is 1.62 bits per heavy atom. The van der Waals surface area contributed by atoms with Gasteiger partial charge in [-0.15, -0.1) is 11.3 Å². The summed E-state index contributed by atoms with van der Waals surface area (Å²) in [4.78, 5) is 35.8. The zero-order valence-corrected chi connectivity index (χ0v) is 20.2. The van der Waals surface area contributed by atoms with E-state index in [0.29, 0.717) is 54.3 Å². The van der Waals surface area contributed by atoms with Gasteiger partial charge in [-0.2, -0.15) is 4.98 Å². The Labute approximate surface area is 204 Å². The van der Waals surface area contributed by atoms with Crippen molar-refractivity contribution in [3.63, 3.8) is 0 Å². The Morgan fingerprint density at radius 1 is 0.971 bits per heavy atom. The van der Waals surface area contributed by atoms with Gasteiger partial charge in [0.25, 0.3) is 11.8 Å². The van der Waals surface area contributed by atoms with Gasteiger partial charge in [0, 0.05) is 17.7 Å². The molecule has 10 heteroatoms. The Balaban J connectivity index is 1.61. The number of hydrogen-bond acceptors (Lipinski definition) is 7. The van der Waals surface area contributed by atoms with Gasteiger partial charge in [-0.05, 0) is 48.9 Å². The fraction of sp³-hybridized carbons (Fsp3) is 0.167. The van der Waals surface area contributed by atoms with Gasteiger partial charge >= 0.3 is 0 Å². The summed E-state index contributed by atoms with van der Waals surface area (Å²) >= 11 is 7.14. The maximum Gasteiger partial charge on any atom is 0.266 e. The molecule has 8 nitrogen and oxygen atoms in total. The summed E-state index contributed by atoms with van der Waals surface area (Å²) in [5.41, 5.74) is 2.09. The molecule has 0 spiro atoms. The zero-order chi connectivity index (χ0) is 24.2. The van der Waals surface area contributed by atoms with E-state index in [0.717, 1.165) is 0 Å². The average molecular weight is 497 g/mol. The monoisotopic (exact) mass is 496 g/mol. The van der Waals surface area contributed by atoms with Crippen LogP contribution in [-0.2, 0) is 11.3 Å². The number of fused-ring (bicyclic) bond motifs is 1. The molecule has 2 N–H and O–H groups in total. The molecule has 4 rings (SSSR count). The largest absolute Gasteiger partial charge is 0.480 e. The molecule has 0 aliphatic rings. The number of rotatable bonds is 7. The van der Waals surface area contributed by atoms with Crippen LogP contribution in [0.4, 0.5) is 11.4 Å². The van der Waals surface area contributed by atoms with Crippen LogP contribution in [0.15, 0.2) is 48.5 Å². The predicted molar refractivity (Wildman–Crippen MR) is 133 cm³/mol. The van der Waals surface area contributed by atoms with Crippen molar-refractivity contribution in [1.82, 2.24) is 9.97 Å². The van der Waals surface area contributed by atoms with Crippen LogP contribution in [0.5, 0.6) is 5.88 Å². The molecule has 0 aliphatic carbocycles. The molecule has 0 unspecified atom stereocenters. The number of aromatic nitrogens is 2. The van der Waals surface area contributed by atoms with Crippen LogP contribution in [0.1, 0.15) is 31.4 Å². The Morgan fingerprint density at radius 3 is 2.24 bits per heavy atom. The maximum absolute atomic E-state index is 13.2. The van der Waals surface area contributed by atoms with Crippen molar-refractivity contribution in [1.29, 1.82) is 0 Å². The Hall–Kier alpha value is -3.53. The zero-order valence-electron chi connectivity index (χ0n) is 18.6. The van der Waals surface area contributed by atoms with Gasteiger partial charge in [-0.3, -0.25) is 9.59 Å². The summed E-state index contributed by atoms with van der Waals surface area (Å²) in [6.45, 7) is 2.05. The van der Waals surface area contributed by atoms with E-state index < -0.39 is 0 Å². The first-order valence-electron chi connectivity index (χ1n) is 10.2. The number of para-hydroxylation sites is 2.